The van der Waals surface area contributed by atoms with E-state index in [0.717, 1.165) is 18.5 Å². The fraction of sp³-hybridized carbons (Fsp3) is 0.667. The molecular formula is C12H21N3O. The number of nitrogens with one attached hydrogen (secondary N) is 1. The third kappa shape index (κ3) is 4.04. The van der Waals surface area contributed by atoms with Crippen LogP contribution in [0.1, 0.15) is 32.8 Å². The number of hydrogen-bond acceptors (Lipinski definition) is 4. The standard InChI is InChI=1S/C12H21N3O/c1-5-6-13-12-14-7-10(4)11(15-12)16-8-9(2)3/h7,9H,5-6,8H2,1-4H3,(H,13,14,15). The van der Waals surface area contributed by atoms with E-state index in [4.69, 9.17) is 4.74 Å². The van der Waals surface area contributed by atoms with Gasteiger partial charge in [0, 0.05) is 18.3 Å². The van der Waals surface area contributed by atoms with Gasteiger partial charge in [0.15, 0.2) is 0 Å². The summed E-state index contributed by atoms with van der Waals surface area (Å²) in [7, 11) is 0. The maximum atomic E-state index is 5.63. The van der Waals surface area contributed by atoms with Crippen LogP contribution in [0, 0.1) is 12.8 Å². The Hall–Kier alpha value is -1.32. The molecule has 4 heteroatoms. The predicted octanol–water partition coefficient (Wildman–Crippen LogP) is 2.64. The number of rotatable bonds is 6. The highest BCUT2D eigenvalue weighted by atomic mass is 16.5. The fourth-order valence-electron chi connectivity index (χ4n) is 1.14. The quantitative estimate of drug-likeness (QED) is 0.805. The molecule has 1 aromatic rings. The van der Waals surface area contributed by atoms with Gasteiger partial charge in [0.2, 0.25) is 11.8 Å². The Labute approximate surface area is 97.5 Å². The van der Waals surface area contributed by atoms with Gasteiger partial charge in [-0.2, -0.15) is 4.98 Å². The smallest absolute Gasteiger partial charge is 0.225 e. The van der Waals surface area contributed by atoms with Crippen LogP contribution >= 0.6 is 0 Å². The molecule has 4 nitrogen and oxygen atoms in total. The van der Waals surface area contributed by atoms with Crippen LogP contribution in [-0.4, -0.2) is 23.1 Å². The van der Waals surface area contributed by atoms with Gasteiger partial charge in [-0.1, -0.05) is 20.8 Å². The first kappa shape index (κ1) is 12.7. The van der Waals surface area contributed by atoms with Gasteiger partial charge in [-0.15, -0.1) is 0 Å². The van der Waals surface area contributed by atoms with Crippen molar-refractivity contribution in [2.75, 3.05) is 18.5 Å². The molecule has 1 heterocycles. The number of ether oxygens (including phenoxy) is 1. The lowest BCUT2D eigenvalue weighted by molar-refractivity contribution is 0.259. The average molecular weight is 223 g/mol. The molecular weight excluding hydrogens is 202 g/mol. The van der Waals surface area contributed by atoms with Gasteiger partial charge in [-0.05, 0) is 19.3 Å². The van der Waals surface area contributed by atoms with Crippen molar-refractivity contribution in [1.29, 1.82) is 0 Å². The van der Waals surface area contributed by atoms with Gasteiger partial charge in [0.05, 0.1) is 6.61 Å². The zero-order valence-corrected chi connectivity index (χ0v) is 10.6. The minimum atomic E-state index is 0.501. The summed E-state index contributed by atoms with van der Waals surface area (Å²) in [6.45, 7) is 9.87. The molecule has 0 aliphatic carbocycles. The van der Waals surface area contributed by atoms with E-state index >= 15 is 0 Å². The number of aromatic nitrogens is 2. The summed E-state index contributed by atoms with van der Waals surface area (Å²) in [5.41, 5.74) is 0.975. The van der Waals surface area contributed by atoms with Crippen LogP contribution in [0.15, 0.2) is 6.20 Å². The van der Waals surface area contributed by atoms with Gasteiger partial charge in [0.25, 0.3) is 0 Å². The Bertz CT molecular complexity index is 326. The molecule has 1 aromatic heterocycles. The van der Waals surface area contributed by atoms with E-state index in [1.165, 1.54) is 0 Å². The summed E-state index contributed by atoms with van der Waals surface area (Å²) in [5, 5.41) is 3.15. The largest absolute Gasteiger partial charge is 0.477 e. The summed E-state index contributed by atoms with van der Waals surface area (Å²) in [6, 6.07) is 0. The van der Waals surface area contributed by atoms with Gasteiger partial charge in [-0.25, -0.2) is 4.98 Å². The highest BCUT2D eigenvalue weighted by Crippen LogP contribution is 2.15. The summed E-state index contributed by atoms with van der Waals surface area (Å²) in [6.07, 6.45) is 2.85. The minimum Gasteiger partial charge on any atom is -0.477 e. The van der Waals surface area contributed by atoms with Crippen LogP contribution in [0.2, 0.25) is 0 Å². The molecule has 16 heavy (non-hydrogen) atoms. The average Bonchev–Trinajstić information content (AvgIpc) is 2.26. The van der Waals surface area contributed by atoms with Crippen molar-refractivity contribution >= 4 is 5.95 Å². The molecule has 0 atom stereocenters. The molecule has 0 saturated carbocycles. The zero-order chi connectivity index (χ0) is 12.0. The lowest BCUT2D eigenvalue weighted by atomic mass is 10.2. The highest BCUT2D eigenvalue weighted by molar-refractivity contribution is 5.32. The van der Waals surface area contributed by atoms with Crippen LogP contribution in [0.3, 0.4) is 0 Å². The van der Waals surface area contributed by atoms with Crippen molar-refractivity contribution in [3.05, 3.63) is 11.8 Å². The number of aryl methyl sites for hydroxylation is 1. The first-order chi connectivity index (χ1) is 7.63. The molecule has 0 bridgehead atoms. The van der Waals surface area contributed by atoms with E-state index in [1.807, 2.05) is 6.92 Å². The topological polar surface area (TPSA) is 47.0 Å². The molecule has 0 radical (unpaired) electrons. The van der Waals surface area contributed by atoms with E-state index in [0.29, 0.717) is 24.4 Å². The number of anilines is 1. The highest BCUT2D eigenvalue weighted by Gasteiger charge is 2.05. The van der Waals surface area contributed by atoms with Crippen molar-refractivity contribution in [3.8, 4) is 5.88 Å². The normalized spacial score (nSPS) is 10.6. The van der Waals surface area contributed by atoms with Gasteiger partial charge >= 0.3 is 0 Å². The second-order valence-corrected chi connectivity index (χ2v) is 4.31. The minimum absolute atomic E-state index is 0.501. The molecule has 0 aromatic carbocycles. The third-order valence-electron chi connectivity index (χ3n) is 2.01. The lowest BCUT2D eigenvalue weighted by Gasteiger charge is -2.11. The van der Waals surface area contributed by atoms with Crippen molar-refractivity contribution < 1.29 is 4.74 Å². The van der Waals surface area contributed by atoms with E-state index in [-0.39, 0.29) is 0 Å². The SMILES string of the molecule is CCCNc1ncc(C)c(OCC(C)C)n1. The monoisotopic (exact) mass is 223 g/mol. The van der Waals surface area contributed by atoms with Gasteiger partial charge in [0.1, 0.15) is 0 Å². The van der Waals surface area contributed by atoms with Gasteiger partial charge in [-0.3, -0.25) is 0 Å². The maximum Gasteiger partial charge on any atom is 0.225 e. The van der Waals surface area contributed by atoms with E-state index in [1.54, 1.807) is 6.20 Å². The molecule has 0 unspecified atom stereocenters. The molecule has 0 spiro atoms. The molecule has 0 amide bonds. The van der Waals surface area contributed by atoms with Crippen LogP contribution in [-0.2, 0) is 0 Å². The molecule has 0 aliphatic rings. The summed E-state index contributed by atoms with van der Waals surface area (Å²) < 4.78 is 5.63. The van der Waals surface area contributed by atoms with Crippen LogP contribution in [0.25, 0.3) is 0 Å². The first-order valence-corrected chi connectivity index (χ1v) is 5.83. The summed E-state index contributed by atoms with van der Waals surface area (Å²) >= 11 is 0. The molecule has 90 valence electrons. The number of nitrogens with zero attached hydrogens (tertiary/aromatic N) is 2. The Morgan fingerprint density at radius 2 is 2.19 bits per heavy atom. The first-order valence-electron chi connectivity index (χ1n) is 5.83. The van der Waals surface area contributed by atoms with E-state index < -0.39 is 0 Å². The summed E-state index contributed by atoms with van der Waals surface area (Å²) in [4.78, 5) is 8.54. The second-order valence-electron chi connectivity index (χ2n) is 4.31. The van der Waals surface area contributed by atoms with Crippen molar-refractivity contribution in [1.82, 2.24) is 9.97 Å². The molecule has 0 aliphatic heterocycles. The van der Waals surface area contributed by atoms with Crippen molar-refractivity contribution in [2.45, 2.75) is 34.1 Å². The van der Waals surface area contributed by atoms with Crippen molar-refractivity contribution in [2.24, 2.45) is 5.92 Å². The Balaban J connectivity index is 2.66. The third-order valence-corrected chi connectivity index (χ3v) is 2.01. The Morgan fingerprint density at radius 1 is 1.44 bits per heavy atom. The zero-order valence-electron chi connectivity index (χ0n) is 10.6. The van der Waals surface area contributed by atoms with Crippen molar-refractivity contribution in [3.63, 3.8) is 0 Å². The number of hydrogen-bond donors (Lipinski definition) is 1. The second kappa shape index (κ2) is 6.30. The van der Waals surface area contributed by atoms with Gasteiger partial charge < -0.3 is 10.1 Å². The molecule has 0 saturated heterocycles. The summed E-state index contributed by atoms with van der Waals surface area (Å²) in [5.74, 6) is 1.83. The lowest BCUT2D eigenvalue weighted by Crippen LogP contribution is -2.10. The van der Waals surface area contributed by atoms with Crippen LogP contribution in [0.4, 0.5) is 5.95 Å². The molecule has 1 N–H and O–H groups in total. The van der Waals surface area contributed by atoms with Crippen LogP contribution in [0.5, 0.6) is 5.88 Å². The van der Waals surface area contributed by atoms with Crippen LogP contribution < -0.4 is 10.1 Å². The van der Waals surface area contributed by atoms with E-state index in [9.17, 15) is 0 Å². The fourth-order valence-corrected chi connectivity index (χ4v) is 1.14. The predicted molar refractivity (Wildman–Crippen MR) is 65.9 cm³/mol. The van der Waals surface area contributed by atoms with E-state index in [2.05, 4.69) is 36.1 Å². The maximum absolute atomic E-state index is 5.63. The molecule has 0 fully saturated rings. The Kier molecular flexibility index (Phi) is 5.02. The molecule has 1 rings (SSSR count). The Morgan fingerprint density at radius 3 is 2.81 bits per heavy atom.